The average molecular weight is 708 g/mol. The van der Waals surface area contributed by atoms with E-state index in [2.05, 4.69) is 21.2 Å². The third kappa shape index (κ3) is 5.26. The van der Waals surface area contributed by atoms with E-state index in [0.717, 1.165) is 16.9 Å². The van der Waals surface area contributed by atoms with Gasteiger partial charge in [-0.05, 0) is 88.8 Å². The normalized spacial score (nSPS) is 23.4. The molecule has 3 aromatic carbocycles. The lowest BCUT2D eigenvalue weighted by molar-refractivity contribution is -0.123. The molecule has 3 aliphatic carbocycles. The summed E-state index contributed by atoms with van der Waals surface area (Å²) < 4.78 is 10.8. The van der Waals surface area contributed by atoms with Crippen LogP contribution in [-0.2, 0) is 19.2 Å². The second-order valence-corrected chi connectivity index (χ2v) is 13.0. The number of ketones is 2. The number of hydrogen-bond donors (Lipinski definition) is 2. The molecular formula is C38H31BrN2O7. The first-order valence-electron chi connectivity index (χ1n) is 15.5. The SMILES string of the molecule is COc1cc(C=C[C@H]2C3=CC[C@@H]4C(=O)N(c5ccc(Nc6ccccc6)cc5)C(=O)[C@@H]4[C@@H]3CC3=C2C(=O)C=C(Br)C3=O)cc(OC)c1O. The van der Waals surface area contributed by atoms with Gasteiger partial charge in [-0.3, -0.25) is 24.1 Å². The number of methoxy groups -OCH3 is 2. The third-order valence-electron chi connectivity index (χ3n) is 9.55. The maximum Gasteiger partial charge on any atom is 0.238 e. The van der Waals surface area contributed by atoms with E-state index in [9.17, 15) is 24.3 Å². The quantitative estimate of drug-likeness (QED) is 0.159. The van der Waals surface area contributed by atoms with Gasteiger partial charge in [-0.15, -0.1) is 0 Å². The Labute approximate surface area is 285 Å². The molecule has 1 fully saturated rings. The van der Waals surface area contributed by atoms with E-state index in [4.69, 9.17) is 9.47 Å². The Kier molecular flexibility index (Phi) is 8.12. The van der Waals surface area contributed by atoms with Gasteiger partial charge in [0.2, 0.25) is 17.6 Å². The number of fused-ring (bicyclic) bond motifs is 3. The summed E-state index contributed by atoms with van der Waals surface area (Å²) in [4.78, 5) is 56.3. The van der Waals surface area contributed by atoms with Crippen LogP contribution < -0.4 is 19.7 Å². The number of para-hydroxylation sites is 1. The van der Waals surface area contributed by atoms with Crippen molar-refractivity contribution in [3.05, 3.63) is 112 Å². The van der Waals surface area contributed by atoms with Crippen LogP contribution >= 0.6 is 15.9 Å². The molecule has 242 valence electrons. The van der Waals surface area contributed by atoms with Crippen LogP contribution in [0.5, 0.6) is 17.2 Å². The summed E-state index contributed by atoms with van der Waals surface area (Å²) >= 11 is 3.26. The number of phenolic OH excluding ortho intramolecular Hbond substituents is 1. The van der Waals surface area contributed by atoms with Crippen LogP contribution in [0.1, 0.15) is 18.4 Å². The van der Waals surface area contributed by atoms with E-state index >= 15 is 0 Å². The standard InChI is InChI=1S/C38H31BrN2O7/c1-47-31-16-20(17-32(48-2)36(31)44)8-13-25-24-14-15-26-34(27(24)18-28-33(25)30(42)19-29(39)35(28)43)38(46)41(37(26)45)23-11-9-22(10-12-23)40-21-6-4-3-5-7-21/h3-14,16-17,19,25-27,34,40,44H,15,18H2,1-2H3/t25-,26-,27+,34-/m0/s1. The number of amides is 2. The fourth-order valence-corrected chi connectivity index (χ4v) is 7.79. The molecule has 1 aliphatic heterocycles. The maximum absolute atomic E-state index is 14.2. The molecule has 1 saturated heterocycles. The van der Waals surface area contributed by atoms with Crippen molar-refractivity contribution in [2.45, 2.75) is 12.8 Å². The fraction of sp³-hybridized carbons (Fsp3) is 0.211. The highest BCUT2D eigenvalue weighted by molar-refractivity contribution is 9.12. The number of nitrogens with one attached hydrogen (secondary N) is 1. The van der Waals surface area contributed by atoms with Gasteiger partial charge in [0.1, 0.15) is 0 Å². The van der Waals surface area contributed by atoms with E-state index in [1.54, 1.807) is 30.3 Å². The lowest BCUT2D eigenvalue weighted by Crippen LogP contribution is -2.40. The molecule has 2 N–H and O–H groups in total. The molecule has 10 heteroatoms. The summed E-state index contributed by atoms with van der Waals surface area (Å²) in [6.45, 7) is 0. The van der Waals surface area contributed by atoms with Crippen molar-refractivity contribution in [2.75, 3.05) is 24.4 Å². The summed E-state index contributed by atoms with van der Waals surface area (Å²) in [5, 5.41) is 13.7. The molecule has 0 bridgehead atoms. The lowest BCUT2D eigenvalue weighted by Gasteiger charge is -2.41. The number of carbonyl (C=O) groups excluding carboxylic acids is 4. The molecule has 0 saturated carbocycles. The molecule has 4 aliphatic rings. The number of aromatic hydroxyl groups is 1. The van der Waals surface area contributed by atoms with Crippen molar-refractivity contribution in [3.8, 4) is 17.2 Å². The number of ether oxygens (including phenoxy) is 2. The first-order valence-corrected chi connectivity index (χ1v) is 16.3. The largest absolute Gasteiger partial charge is 0.502 e. The number of anilines is 3. The molecule has 0 radical (unpaired) electrons. The van der Waals surface area contributed by atoms with Gasteiger partial charge in [-0.25, -0.2) is 0 Å². The van der Waals surface area contributed by atoms with Gasteiger partial charge in [0, 0.05) is 34.5 Å². The van der Waals surface area contributed by atoms with Gasteiger partial charge in [-0.2, -0.15) is 0 Å². The van der Waals surface area contributed by atoms with Crippen molar-refractivity contribution in [1.82, 2.24) is 0 Å². The summed E-state index contributed by atoms with van der Waals surface area (Å²) in [6, 6.07) is 20.1. The molecule has 2 amide bonds. The number of nitrogens with zero attached hydrogens (tertiary/aromatic N) is 1. The van der Waals surface area contributed by atoms with Crippen LogP contribution in [-0.4, -0.2) is 42.7 Å². The molecule has 3 aromatic rings. The zero-order valence-electron chi connectivity index (χ0n) is 26.1. The highest BCUT2D eigenvalue weighted by atomic mass is 79.9. The number of rotatable bonds is 7. The Balaban J connectivity index is 1.23. The molecule has 0 spiro atoms. The molecule has 9 nitrogen and oxygen atoms in total. The van der Waals surface area contributed by atoms with Crippen LogP contribution in [0, 0.1) is 23.7 Å². The second kappa shape index (κ2) is 12.4. The van der Waals surface area contributed by atoms with E-state index in [1.165, 1.54) is 25.2 Å². The van der Waals surface area contributed by atoms with Crippen molar-refractivity contribution >= 4 is 62.4 Å². The first kappa shape index (κ1) is 31.4. The number of Topliss-reactive ketones (excluding diaryl/α,β-unsaturated/α-hetero) is 1. The molecule has 1 heterocycles. The average Bonchev–Trinajstić information content (AvgIpc) is 3.36. The smallest absolute Gasteiger partial charge is 0.238 e. The Bertz CT molecular complexity index is 1970. The zero-order valence-corrected chi connectivity index (χ0v) is 27.7. The summed E-state index contributed by atoms with van der Waals surface area (Å²) in [5.41, 5.74) is 4.40. The van der Waals surface area contributed by atoms with Gasteiger partial charge in [-0.1, -0.05) is 42.0 Å². The number of halogens is 1. The number of hydrogen-bond acceptors (Lipinski definition) is 8. The second-order valence-electron chi connectivity index (χ2n) is 12.1. The molecular weight excluding hydrogens is 676 g/mol. The topological polar surface area (TPSA) is 122 Å². The van der Waals surface area contributed by atoms with Crippen LogP contribution in [0.25, 0.3) is 6.08 Å². The molecule has 7 rings (SSSR count). The maximum atomic E-state index is 14.2. The van der Waals surface area contributed by atoms with Crippen LogP contribution in [0.2, 0.25) is 0 Å². The minimum atomic E-state index is -0.689. The predicted octanol–water partition coefficient (Wildman–Crippen LogP) is 6.67. The van der Waals surface area contributed by atoms with Crippen molar-refractivity contribution in [1.29, 1.82) is 0 Å². The minimum absolute atomic E-state index is 0.139. The third-order valence-corrected chi connectivity index (χ3v) is 10.1. The van der Waals surface area contributed by atoms with Gasteiger partial charge < -0.3 is 19.9 Å². The Hall–Kier alpha value is -5.22. The summed E-state index contributed by atoms with van der Waals surface area (Å²) in [5.74, 6) is -3.23. The van der Waals surface area contributed by atoms with Crippen molar-refractivity contribution < 1.29 is 33.8 Å². The molecule has 0 unspecified atom stereocenters. The van der Waals surface area contributed by atoms with Crippen molar-refractivity contribution in [2.24, 2.45) is 23.7 Å². The van der Waals surface area contributed by atoms with Crippen LogP contribution in [0.4, 0.5) is 17.1 Å². The highest BCUT2D eigenvalue weighted by Crippen LogP contribution is 2.53. The number of imide groups is 1. The first-order chi connectivity index (χ1) is 23.2. The zero-order chi connectivity index (χ0) is 33.7. The Morgan fingerprint density at radius 3 is 2.23 bits per heavy atom. The lowest BCUT2D eigenvalue weighted by atomic mass is 9.61. The minimum Gasteiger partial charge on any atom is -0.502 e. The van der Waals surface area contributed by atoms with Gasteiger partial charge in [0.05, 0.1) is 36.2 Å². The number of phenols is 1. The summed E-state index contributed by atoms with van der Waals surface area (Å²) in [7, 11) is 2.87. The summed E-state index contributed by atoms with van der Waals surface area (Å²) in [6.07, 6.45) is 7.38. The van der Waals surface area contributed by atoms with E-state index in [-0.39, 0.29) is 51.5 Å². The molecule has 48 heavy (non-hydrogen) atoms. The van der Waals surface area contributed by atoms with Crippen molar-refractivity contribution in [3.63, 3.8) is 0 Å². The Morgan fingerprint density at radius 2 is 1.56 bits per heavy atom. The predicted molar refractivity (Wildman–Crippen MR) is 184 cm³/mol. The van der Waals surface area contributed by atoms with E-state index < -0.39 is 23.7 Å². The van der Waals surface area contributed by atoms with Gasteiger partial charge >= 0.3 is 0 Å². The number of allylic oxidation sites excluding steroid dienone is 7. The van der Waals surface area contributed by atoms with Crippen LogP contribution in [0.3, 0.4) is 0 Å². The van der Waals surface area contributed by atoms with E-state index in [0.29, 0.717) is 28.8 Å². The monoisotopic (exact) mass is 706 g/mol. The Morgan fingerprint density at radius 1 is 0.896 bits per heavy atom. The molecule has 4 atom stereocenters. The van der Waals surface area contributed by atoms with Gasteiger partial charge in [0.15, 0.2) is 23.1 Å². The number of carbonyl (C=O) groups is 4. The highest BCUT2D eigenvalue weighted by Gasteiger charge is 2.56. The van der Waals surface area contributed by atoms with Crippen LogP contribution in [0.15, 0.2) is 106 Å². The molecule has 0 aromatic heterocycles. The number of benzene rings is 3. The fourth-order valence-electron chi connectivity index (χ4n) is 7.34. The van der Waals surface area contributed by atoms with E-state index in [1.807, 2.05) is 54.6 Å². The van der Waals surface area contributed by atoms with Gasteiger partial charge in [0.25, 0.3) is 0 Å².